The molecule has 5 heteroatoms. The van der Waals surface area contributed by atoms with Crippen LogP contribution in [-0.4, -0.2) is 42.5 Å². The number of nitrogens with one attached hydrogen (secondary N) is 1. The van der Waals surface area contributed by atoms with Crippen molar-refractivity contribution in [1.82, 2.24) is 15.2 Å². The molecular weight excluding hydrogens is 228 g/mol. The number of carbonyl (C=O) groups excluding carboxylic acids is 1. The maximum atomic E-state index is 11.9. The van der Waals surface area contributed by atoms with Crippen LogP contribution in [0.1, 0.15) is 23.3 Å². The van der Waals surface area contributed by atoms with Crippen molar-refractivity contribution in [2.45, 2.75) is 12.8 Å². The van der Waals surface area contributed by atoms with Crippen molar-refractivity contribution in [2.75, 3.05) is 32.4 Å². The second kappa shape index (κ2) is 5.82. The van der Waals surface area contributed by atoms with E-state index in [1.165, 1.54) is 12.8 Å². The minimum absolute atomic E-state index is 0.179. The van der Waals surface area contributed by atoms with E-state index in [1.807, 2.05) is 0 Å². The van der Waals surface area contributed by atoms with Crippen molar-refractivity contribution in [3.05, 3.63) is 24.0 Å². The second-order valence-electron chi connectivity index (χ2n) is 4.92. The molecule has 1 fully saturated rings. The Kier molecular flexibility index (Phi) is 4.15. The first kappa shape index (κ1) is 12.8. The molecule has 0 saturated carbocycles. The molecule has 2 heterocycles. The summed E-state index contributed by atoms with van der Waals surface area (Å²) in [6.45, 7) is 2.88. The van der Waals surface area contributed by atoms with Gasteiger partial charge in [-0.05, 0) is 44.5 Å². The molecule has 0 aliphatic carbocycles. The zero-order valence-electron chi connectivity index (χ0n) is 10.7. The normalized spacial score (nSPS) is 20.6. The lowest BCUT2D eigenvalue weighted by Gasteiger charge is -2.29. The van der Waals surface area contributed by atoms with Crippen molar-refractivity contribution in [2.24, 2.45) is 5.92 Å². The molecule has 3 N–H and O–H groups in total. The van der Waals surface area contributed by atoms with Crippen LogP contribution in [0.25, 0.3) is 0 Å². The van der Waals surface area contributed by atoms with Crippen LogP contribution >= 0.6 is 0 Å². The van der Waals surface area contributed by atoms with Crippen LogP contribution in [-0.2, 0) is 0 Å². The van der Waals surface area contributed by atoms with Gasteiger partial charge in [0.1, 0.15) is 0 Å². The molecule has 2 rings (SSSR count). The van der Waals surface area contributed by atoms with Gasteiger partial charge in [-0.3, -0.25) is 4.79 Å². The van der Waals surface area contributed by atoms with Gasteiger partial charge in [-0.15, -0.1) is 0 Å². The van der Waals surface area contributed by atoms with E-state index in [2.05, 4.69) is 22.2 Å². The maximum Gasteiger partial charge on any atom is 0.272 e. The van der Waals surface area contributed by atoms with Gasteiger partial charge in [-0.1, -0.05) is 0 Å². The Balaban J connectivity index is 1.87. The van der Waals surface area contributed by atoms with Crippen LogP contribution in [0.15, 0.2) is 18.3 Å². The van der Waals surface area contributed by atoms with Crippen LogP contribution in [0.2, 0.25) is 0 Å². The zero-order valence-corrected chi connectivity index (χ0v) is 10.7. The predicted octanol–water partition coefficient (Wildman–Crippen LogP) is 0.735. The Morgan fingerprint density at radius 2 is 2.50 bits per heavy atom. The van der Waals surface area contributed by atoms with E-state index in [1.54, 1.807) is 18.3 Å². The highest BCUT2D eigenvalue weighted by Gasteiger charge is 2.18. The standard InChI is InChI=1S/C13H20N4O/c1-17-7-3-4-10(9-17)8-16-13(18)12-11(14)5-2-6-15-12/h2,5-6,10H,3-4,7-9,14H2,1H3,(H,16,18). The number of piperidine rings is 1. The number of rotatable bonds is 3. The fraction of sp³-hybridized carbons (Fsp3) is 0.538. The van der Waals surface area contributed by atoms with E-state index < -0.39 is 0 Å². The lowest BCUT2D eigenvalue weighted by atomic mass is 9.98. The molecule has 0 radical (unpaired) electrons. The quantitative estimate of drug-likeness (QED) is 0.827. The van der Waals surface area contributed by atoms with E-state index in [9.17, 15) is 4.79 Å². The summed E-state index contributed by atoms with van der Waals surface area (Å²) in [7, 11) is 2.12. The van der Waals surface area contributed by atoms with Gasteiger partial charge in [-0.25, -0.2) is 4.98 Å². The number of likely N-dealkylation sites (tertiary alicyclic amines) is 1. The maximum absolute atomic E-state index is 11.9. The number of nitrogens with two attached hydrogens (primary N) is 1. The average Bonchev–Trinajstić information content (AvgIpc) is 2.37. The number of aromatic nitrogens is 1. The molecule has 18 heavy (non-hydrogen) atoms. The van der Waals surface area contributed by atoms with Crippen molar-refractivity contribution in [3.8, 4) is 0 Å². The molecule has 1 aliphatic heterocycles. The Morgan fingerprint density at radius 3 is 3.22 bits per heavy atom. The lowest BCUT2D eigenvalue weighted by Crippen LogP contribution is -2.39. The fourth-order valence-corrected chi connectivity index (χ4v) is 2.37. The molecule has 1 aromatic rings. The van der Waals surface area contributed by atoms with Gasteiger partial charge in [-0.2, -0.15) is 0 Å². The van der Waals surface area contributed by atoms with Gasteiger partial charge >= 0.3 is 0 Å². The SMILES string of the molecule is CN1CCCC(CNC(=O)c2ncccc2N)C1. The summed E-state index contributed by atoms with van der Waals surface area (Å²) in [5.41, 5.74) is 6.47. The Labute approximate surface area is 107 Å². The van der Waals surface area contributed by atoms with Crippen molar-refractivity contribution in [1.29, 1.82) is 0 Å². The molecule has 5 nitrogen and oxygen atoms in total. The van der Waals surface area contributed by atoms with Gasteiger partial charge in [0.25, 0.3) is 5.91 Å². The summed E-state index contributed by atoms with van der Waals surface area (Å²) in [6, 6.07) is 3.42. The van der Waals surface area contributed by atoms with Gasteiger partial charge in [0.15, 0.2) is 5.69 Å². The Bertz CT molecular complexity index is 421. The molecule has 98 valence electrons. The first-order valence-electron chi connectivity index (χ1n) is 6.34. The number of hydrogen-bond acceptors (Lipinski definition) is 4. The largest absolute Gasteiger partial charge is 0.397 e. The molecule has 1 unspecified atom stereocenters. The highest BCUT2D eigenvalue weighted by atomic mass is 16.1. The topological polar surface area (TPSA) is 71.2 Å². The lowest BCUT2D eigenvalue weighted by molar-refractivity contribution is 0.0933. The molecule has 0 bridgehead atoms. The summed E-state index contributed by atoms with van der Waals surface area (Å²) in [4.78, 5) is 18.2. The van der Waals surface area contributed by atoms with Crippen LogP contribution in [0.4, 0.5) is 5.69 Å². The predicted molar refractivity (Wildman–Crippen MR) is 71.2 cm³/mol. The summed E-state index contributed by atoms with van der Waals surface area (Å²) < 4.78 is 0. The molecule has 1 amide bonds. The number of pyridine rings is 1. The van der Waals surface area contributed by atoms with Crippen molar-refractivity contribution in [3.63, 3.8) is 0 Å². The average molecular weight is 248 g/mol. The van der Waals surface area contributed by atoms with E-state index in [-0.39, 0.29) is 5.91 Å². The van der Waals surface area contributed by atoms with E-state index in [4.69, 9.17) is 5.73 Å². The number of nitrogen functional groups attached to an aromatic ring is 1. The van der Waals surface area contributed by atoms with E-state index >= 15 is 0 Å². The number of amides is 1. The third-order valence-corrected chi connectivity index (χ3v) is 3.33. The molecule has 0 aromatic carbocycles. The highest BCUT2D eigenvalue weighted by Crippen LogP contribution is 2.14. The first-order chi connectivity index (χ1) is 8.66. The van der Waals surface area contributed by atoms with Crippen molar-refractivity contribution < 1.29 is 4.79 Å². The Morgan fingerprint density at radius 1 is 1.67 bits per heavy atom. The molecule has 1 aromatic heterocycles. The summed E-state index contributed by atoms with van der Waals surface area (Å²) >= 11 is 0. The van der Waals surface area contributed by atoms with E-state index in [0.717, 1.165) is 13.1 Å². The third kappa shape index (κ3) is 3.20. The minimum Gasteiger partial charge on any atom is -0.397 e. The number of carbonyl (C=O) groups is 1. The summed E-state index contributed by atoms with van der Waals surface area (Å²) in [5, 5.41) is 2.92. The van der Waals surface area contributed by atoms with Gasteiger partial charge in [0.05, 0.1) is 5.69 Å². The van der Waals surface area contributed by atoms with Crippen LogP contribution < -0.4 is 11.1 Å². The number of anilines is 1. The van der Waals surface area contributed by atoms with Crippen LogP contribution in [0.5, 0.6) is 0 Å². The van der Waals surface area contributed by atoms with Gasteiger partial charge in [0, 0.05) is 19.3 Å². The minimum atomic E-state index is -0.179. The third-order valence-electron chi connectivity index (χ3n) is 3.33. The Hall–Kier alpha value is -1.62. The smallest absolute Gasteiger partial charge is 0.272 e. The molecule has 0 spiro atoms. The van der Waals surface area contributed by atoms with Crippen LogP contribution in [0.3, 0.4) is 0 Å². The van der Waals surface area contributed by atoms with E-state index in [0.29, 0.717) is 23.8 Å². The second-order valence-corrected chi connectivity index (χ2v) is 4.92. The molecule has 1 atom stereocenters. The zero-order chi connectivity index (χ0) is 13.0. The molecule has 1 aliphatic rings. The molecule has 1 saturated heterocycles. The number of hydrogen-bond donors (Lipinski definition) is 2. The number of nitrogens with zero attached hydrogens (tertiary/aromatic N) is 2. The van der Waals surface area contributed by atoms with Crippen LogP contribution in [0, 0.1) is 5.92 Å². The molecular formula is C13H20N4O. The summed E-state index contributed by atoms with van der Waals surface area (Å²) in [6.07, 6.45) is 3.95. The monoisotopic (exact) mass is 248 g/mol. The van der Waals surface area contributed by atoms with Gasteiger partial charge < -0.3 is 16.0 Å². The summed E-state index contributed by atoms with van der Waals surface area (Å²) in [5.74, 6) is 0.346. The first-order valence-corrected chi connectivity index (χ1v) is 6.34. The fourth-order valence-electron chi connectivity index (χ4n) is 2.37. The highest BCUT2D eigenvalue weighted by molar-refractivity contribution is 5.96. The van der Waals surface area contributed by atoms with Gasteiger partial charge in [0.2, 0.25) is 0 Å². The van der Waals surface area contributed by atoms with Crippen molar-refractivity contribution >= 4 is 11.6 Å².